The van der Waals surface area contributed by atoms with Crippen molar-refractivity contribution in [1.82, 2.24) is 19.8 Å². The average Bonchev–Trinajstić information content (AvgIpc) is 3.40. The first kappa shape index (κ1) is 29.0. The summed E-state index contributed by atoms with van der Waals surface area (Å²) in [5.74, 6) is 0.224. The quantitative estimate of drug-likeness (QED) is 0.441. The molecule has 0 spiro atoms. The topological polar surface area (TPSA) is 80.3 Å². The molecule has 4 atom stereocenters. The number of hydrogen-bond acceptors (Lipinski definition) is 8. The lowest BCUT2D eigenvalue weighted by molar-refractivity contribution is 0.0130. The maximum Gasteiger partial charge on any atom is 0.410 e. The van der Waals surface area contributed by atoms with Crippen molar-refractivity contribution in [2.75, 3.05) is 44.8 Å². The number of ether oxygens (including phenoxy) is 3. The fourth-order valence-electron chi connectivity index (χ4n) is 6.22. The van der Waals surface area contributed by atoms with Gasteiger partial charge in [-0.3, -0.25) is 4.90 Å². The first-order chi connectivity index (χ1) is 18.8. The average molecular weight is 627 g/mol. The highest BCUT2D eigenvalue weighted by Gasteiger charge is 2.49. The smallest absolute Gasteiger partial charge is 0.410 e. The molecule has 3 aliphatic heterocycles. The number of amides is 1. The standard InChI is InChI=1S/C28H38BrF2N5O4/c1-16-13-36(26(37)40-27(3,4)5)17(2)12-35(16)24-19-10-20(38-6)21(29)22(31)23(19)32-25(33-24)39-15-28-8-7-9-34(28)14-18(30)11-28/h10,16-18H,7-9,11-15H2,1-6H3/t16-,17+,18+,28-/m0/s1. The molecular weight excluding hydrogens is 588 g/mol. The third-order valence-electron chi connectivity index (χ3n) is 8.13. The van der Waals surface area contributed by atoms with E-state index >= 15 is 4.39 Å². The zero-order valence-corrected chi connectivity index (χ0v) is 25.6. The number of anilines is 1. The van der Waals surface area contributed by atoms with Gasteiger partial charge >= 0.3 is 12.1 Å². The van der Waals surface area contributed by atoms with Crippen LogP contribution in [0.25, 0.3) is 10.9 Å². The molecule has 1 aromatic heterocycles. The second-order valence-corrected chi connectivity index (χ2v) is 13.1. The summed E-state index contributed by atoms with van der Waals surface area (Å²) in [7, 11) is 1.47. The SMILES string of the molecule is COc1cc2c(N3C[C@@H](C)N(C(=O)OC(C)(C)C)C[C@@H]3C)nc(OC[C@@]34CCCN3C[C@H](F)C4)nc2c(F)c1Br. The van der Waals surface area contributed by atoms with Gasteiger partial charge in [0, 0.05) is 43.5 Å². The van der Waals surface area contributed by atoms with Crippen molar-refractivity contribution in [1.29, 1.82) is 0 Å². The van der Waals surface area contributed by atoms with Crippen LogP contribution in [0, 0.1) is 5.82 Å². The van der Waals surface area contributed by atoms with E-state index in [1.165, 1.54) is 7.11 Å². The van der Waals surface area contributed by atoms with Crippen LogP contribution in [-0.2, 0) is 4.74 Å². The van der Waals surface area contributed by atoms with E-state index in [1.54, 1.807) is 11.0 Å². The Labute approximate surface area is 242 Å². The molecule has 0 bridgehead atoms. The van der Waals surface area contributed by atoms with Crippen LogP contribution in [-0.4, -0.2) is 95.2 Å². The first-order valence-electron chi connectivity index (χ1n) is 13.8. The van der Waals surface area contributed by atoms with Gasteiger partial charge in [-0.05, 0) is 76.0 Å². The second kappa shape index (κ2) is 10.7. The molecule has 0 radical (unpaired) electrons. The maximum atomic E-state index is 15.7. The van der Waals surface area contributed by atoms with Crippen LogP contribution in [0.5, 0.6) is 11.8 Å². The molecule has 9 nitrogen and oxygen atoms in total. The molecule has 0 unspecified atom stereocenters. The molecule has 4 heterocycles. The van der Waals surface area contributed by atoms with E-state index in [2.05, 4.69) is 25.8 Å². The Kier molecular flexibility index (Phi) is 7.80. The third-order valence-corrected chi connectivity index (χ3v) is 8.87. The van der Waals surface area contributed by atoms with Gasteiger partial charge in [0.25, 0.3) is 0 Å². The zero-order chi connectivity index (χ0) is 29.0. The van der Waals surface area contributed by atoms with Gasteiger partial charge in [-0.25, -0.2) is 13.6 Å². The molecular formula is C28H38BrF2N5O4. The lowest BCUT2D eigenvalue weighted by atomic mass is 9.95. The molecule has 3 aliphatic rings. The Morgan fingerprint density at radius 3 is 2.65 bits per heavy atom. The normalized spacial score (nSPS) is 27.3. The first-order valence-corrected chi connectivity index (χ1v) is 14.6. The van der Waals surface area contributed by atoms with Crippen molar-refractivity contribution in [3.63, 3.8) is 0 Å². The Balaban J connectivity index is 1.50. The molecule has 0 saturated carbocycles. The highest BCUT2D eigenvalue weighted by atomic mass is 79.9. The van der Waals surface area contributed by atoms with Crippen molar-refractivity contribution in [2.24, 2.45) is 0 Å². The highest BCUT2D eigenvalue weighted by Crippen LogP contribution is 2.42. The summed E-state index contributed by atoms with van der Waals surface area (Å²) in [4.78, 5) is 28.1. The highest BCUT2D eigenvalue weighted by molar-refractivity contribution is 9.10. The number of aromatic nitrogens is 2. The number of fused-ring (bicyclic) bond motifs is 2. The predicted molar refractivity (Wildman–Crippen MR) is 152 cm³/mol. The van der Waals surface area contributed by atoms with Gasteiger partial charge in [-0.1, -0.05) is 0 Å². The van der Waals surface area contributed by atoms with Crippen molar-refractivity contribution in [3.8, 4) is 11.8 Å². The summed E-state index contributed by atoms with van der Waals surface area (Å²) in [6, 6.07) is 1.38. The van der Waals surface area contributed by atoms with Gasteiger partial charge in [-0.15, -0.1) is 0 Å². The molecule has 220 valence electrons. The number of benzene rings is 1. The van der Waals surface area contributed by atoms with Crippen LogP contribution < -0.4 is 14.4 Å². The van der Waals surface area contributed by atoms with Crippen LogP contribution >= 0.6 is 15.9 Å². The molecule has 12 heteroatoms. The monoisotopic (exact) mass is 625 g/mol. The Morgan fingerprint density at radius 2 is 1.95 bits per heavy atom. The van der Waals surface area contributed by atoms with Crippen molar-refractivity contribution in [3.05, 3.63) is 16.4 Å². The molecule has 0 N–H and O–H groups in total. The molecule has 40 heavy (non-hydrogen) atoms. The Hall–Kier alpha value is -2.47. The fourth-order valence-corrected chi connectivity index (χ4v) is 6.68. The number of carbonyl (C=O) groups excluding carboxylic acids is 1. The number of piperazine rings is 1. The minimum atomic E-state index is -0.888. The van der Waals surface area contributed by atoms with Gasteiger partial charge in [0.05, 0.1) is 17.1 Å². The van der Waals surface area contributed by atoms with Gasteiger partial charge < -0.3 is 24.0 Å². The van der Waals surface area contributed by atoms with Crippen molar-refractivity contribution < 1.29 is 27.8 Å². The molecule has 2 aromatic rings. The number of methoxy groups -OCH3 is 1. The Bertz CT molecular complexity index is 1290. The molecule has 3 saturated heterocycles. The number of alkyl halides is 1. The van der Waals surface area contributed by atoms with Gasteiger partial charge in [-0.2, -0.15) is 9.97 Å². The molecule has 1 aromatic carbocycles. The summed E-state index contributed by atoms with van der Waals surface area (Å²) in [6.07, 6.45) is 0.973. The minimum Gasteiger partial charge on any atom is -0.495 e. The Morgan fingerprint density at radius 1 is 1.20 bits per heavy atom. The van der Waals surface area contributed by atoms with Gasteiger partial charge in [0.2, 0.25) is 0 Å². The minimum absolute atomic E-state index is 0.0384. The van der Waals surface area contributed by atoms with E-state index in [4.69, 9.17) is 19.2 Å². The number of rotatable bonds is 5. The van der Waals surface area contributed by atoms with E-state index < -0.39 is 23.1 Å². The summed E-state index contributed by atoms with van der Waals surface area (Å²) >= 11 is 3.29. The summed E-state index contributed by atoms with van der Waals surface area (Å²) in [5.41, 5.74) is -0.904. The van der Waals surface area contributed by atoms with Crippen molar-refractivity contribution >= 4 is 38.7 Å². The number of carbonyl (C=O) groups is 1. The predicted octanol–water partition coefficient (Wildman–Crippen LogP) is 5.33. The third kappa shape index (κ3) is 5.41. The number of hydrogen-bond donors (Lipinski definition) is 0. The summed E-state index contributed by atoms with van der Waals surface area (Å²) in [6.45, 7) is 11.8. The largest absolute Gasteiger partial charge is 0.495 e. The van der Waals surface area contributed by atoms with Crippen LogP contribution in [0.1, 0.15) is 53.9 Å². The molecule has 0 aliphatic carbocycles. The van der Waals surface area contributed by atoms with E-state index in [0.29, 0.717) is 43.0 Å². The number of nitrogens with zero attached hydrogens (tertiary/aromatic N) is 5. The van der Waals surface area contributed by atoms with Crippen LogP contribution in [0.2, 0.25) is 0 Å². The summed E-state index contributed by atoms with van der Waals surface area (Å²) < 4.78 is 47.3. The fraction of sp³-hybridized carbons (Fsp3) is 0.679. The zero-order valence-electron chi connectivity index (χ0n) is 24.0. The van der Waals surface area contributed by atoms with Crippen LogP contribution in [0.3, 0.4) is 0 Å². The van der Waals surface area contributed by atoms with E-state index in [-0.39, 0.29) is 40.8 Å². The lowest BCUT2D eigenvalue weighted by Crippen LogP contribution is -2.59. The summed E-state index contributed by atoms with van der Waals surface area (Å²) in [5, 5.41) is 0.472. The molecule has 3 fully saturated rings. The van der Waals surface area contributed by atoms with Crippen LogP contribution in [0.15, 0.2) is 10.5 Å². The van der Waals surface area contributed by atoms with E-state index in [9.17, 15) is 9.18 Å². The van der Waals surface area contributed by atoms with Crippen molar-refractivity contribution in [2.45, 2.75) is 83.3 Å². The van der Waals surface area contributed by atoms with Gasteiger partial charge in [0.1, 0.15) is 35.5 Å². The molecule has 5 rings (SSSR count). The molecule has 1 amide bonds. The van der Waals surface area contributed by atoms with E-state index in [0.717, 1.165) is 19.4 Å². The second-order valence-electron chi connectivity index (χ2n) is 12.3. The maximum absolute atomic E-state index is 15.7. The van der Waals surface area contributed by atoms with Gasteiger partial charge in [0.15, 0.2) is 5.82 Å². The van der Waals surface area contributed by atoms with E-state index in [1.807, 2.05) is 39.5 Å². The number of halogens is 3. The van der Waals surface area contributed by atoms with Crippen LogP contribution in [0.4, 0.5) is 19.4 Å². The lowest BCUT2D eigenvalue weighted by Gasteiger charge is -2.45.